The molecule has 1 aromatic carbocycles. The van der Waals surface area contributed by atoms with Gasteiger partial charge in [-0.2, -0.15) is 0 Å². The van der Waals surface area contributed by atoms with Crippen molar-refractivity contribution in [3.63, 3.8) is 0 Å². The maximum atomic E-state index is 12.6. The summed E-state index contributed by atoms with van der Waals surface area (Å²) in [6.45, 7) is 1.35. The van der Waals surface area contributed by atoms with Gasteiger partial charge in [-0.3, -0.25) is 19.7 Å². The van der Waals surface area contributed by atoms with Gasteiger partial charge >= 0.3 is 0 Å². The number of nitrogens with zero attached hydrogens (tertiary/aromatic N) is 2. The first kappa shape index (κ1) is 20.0. The molecule has 0 aromatic heterocycles. The molecule has 0 atom stereocenters. The Labute approximate surface area is 164 Å². The first-order valence-electron chi connectivity index (χ1n) is 10.1. The van der Waals surface area contributed by atoms with Gasteiger partial charge in [-0.25, -0.2) is 0 Å². The lowest BCUT2D eigenvalue weighted by Gasteiger charge is -2.35. The molecule has 1 aromatic rings. The highest BCUT2D eigenvalue weighted by Crippen LogP contribution is 2.26. The molecule has 2 amide bonds. The standard InChI is InChI=1S/C21H27N3O4/c25-20(11-10-16-6-4-5-9-19(16)24(27)28)22-18-12-14-23(15-13-18)21(26)17-7-2-1-3-8-17/h4-6,9-11,17-18H,1-3,7-8,12-15H2,(H,22,25)/b11-10+. The van der Waals surface area contributed by atoms with E-state index < -0.39 is 4.92 Å². The molecule has 0 spiro atoms. The van der Waals surface area contributed by atoms with Crippen LogP contribution >= 0.6 is 0 Å². The average Bonchev–Trinajstić information content (AvgIpc) is 2.73. The molecule has 0 unspecified atom stereocenters. The molecule has 1 heterocycles. The van der Waals surface area contributed by atoms with Crippen molar-refractivity contribution in [3.8, 4) is 0 Å². The van der Waals surface area contributed by atoms with E-state index in [4.69, 9.17) is 0 Å². The van der Waals surface area contributed by atoms with Gasteiger partial charge in [0.25, 0.3) is 5.69 Å². The molecule has 2 fully saturated rings. The van der Waals surface area contributed by atoms with Crippen molar-refractivity contribution in [2.75, 3.05) is 13.1 Å². The van der Waals surface area contributed by atoms with Gasteiger partial charge in [-0.05, 0) is 37.8 Å². The number of benzene rings is 1. The Hall–Kier alpha value is -2.70. The van der Waals surface area contributed by atoms with Crippen LogP contribution in [0, 0.1) is 16.0 Å². The van der Waals surface area contributed by atoms with E-state index in [0.717, 1.165) is 38.5 Å². The summed E-state index contributed by atoms with van der Waals surface area (Å²) in [4.78, 5) is 37.3. The molecule has 1 N–H and O–H groups in total. The zero-order chi connectivity index (χ0) is 19.9. The molecule has 150 valence electrons. The molecule has 0 radical (unpaired) electrons. The van der Waals surface area contributed by atoms with Gasteiger partial charge in [0, 0.05) is 37.2 Å². The minimum Gasteiger partial charge on any atom is -0.350 e. The van der Waals surface area contributed by atoms with Crippen LogP contribution in [0.1, 0.15) is 50.5 Å². The van der Waals surface area contributed by atoms with Crippen LogP contribution in [0.3, 0.4) is 0 Å². The Morgan fingerprint density at radius 1 is 1.07 bits per heavy atom. The number of nitrogens with one attached hydrogen (secondary N) is 1. The molecule has 2 aliphatic rings. The molecular formula is C21H27N3O4. The lowest BCUT2D eigenvalue weighted by molar-refractivity contribution is -0.385. The normalized spacial score (nSPS) is 18.9. The van der Waals surface area contributed by atoms with E-state index in [1.807, 2.05) is 4.90 Å². The Bertz CT molecular complexity index is 748. The van der Waals surface area contributed by atoms with Crippen LogP contribution in [-0.4, -0.2) is 40.8 Å². The van der Waals surface area contributed by atoms with Gasteiger partial charge in [0.1, 0.15) is 0 Å². The van der Waals surface area contributed by atoms with E-state index in [-0.39, 0.29) is 29.5 Å². The molecular weight excluding hydrogens is 358 g/mol. The van der Waals surface area contributed by atoms with E-state index in [1.54, 1.807) is 18.2 Å². The highest BCUT2D eigenvalue weighted by Gasteiger charge is 2.29. The average molecular weight is 385 g/mol. The maximum absolute atomic E-state index is 12.6. The van der Waals surface area contributed by atoms with Crippen LogP contribution in [0.15, 0.2) is 30.3 Å². The Morgan fingerprint density at radius 3 is 2.43 bits per heavy atom. The van der Waals surface area contributed by atoms with Crippen molar-refractivity contribution in [3.05, 3.63) is 46.0 Å². The molecule has 7 heteroatoms. The number of para-hydroxylation sites is 1. The Balaban J connectivity index is 1.47. The van der Waals surface area contributed by atoms with Crippen molar-refractivity contribution >= 4 is 23.6 Å². The van der Waals surface area contributed by atoms with E-state index in [1.165, 1.54) is 24.6 Å². The molecule has 1 saturated heterocycles. The van der Waals surface area contributed by atoms with Crippen molar-refractivity contribution in [2.45, 2.75) is 51.0 Å². The van der Waals surface area contributed by atoms with Crippen molar-refractivity contribution in [1.29, 1.82) is 0 Å². The predicted octanol–water partition coefficient (Wildman–Crippen LogP) is 3.30. The van der Waals surface area contributed by atoms with Crippen LogP contribution in [0.5, 0.6) is 0 Å². The topological polar surface area (TPSA) is 92.5 Å². The van der Waals surface area contributed by atoms with E-state index in [9.17, 15) is 19.7 Å². The van der Waals surface area contributed by atoms with Gasteiger partial charge in [0.15, 0.2) is 0 Å². The number of nitro benzene ring substituents is 1. The smallest absolute Gasteiger partial charge is 0.276 e. The lowest BCUT2D eigenvalue weighted by atomic mass is 9.87. The fourth-order valence-electron chi connectivity index (χ4n) is 4.06. The number of amides is 2. The Morgan fingerprint density at radius 2 is 1.75 bits per heavy atom. The zero-order valence-corrected chi connectivity index (χ0v) is 16.0. The maximum Gasteiger partial charge on any atom is 0.276 e. The number of carbonyl (C=O) groups excluding carboxylic acids is 2. The van der Waals surface area contributed by atoms with Crippen LogP contribution in [0.25, 0.3) is 6.08 Å². The third-order valence-electron chi connectivity index (χ3n) is 5.66. The van der Waals surface area contributed by atoms with Gasteiger partial charge in [-0.1, -0.05) is 31.4 Å². The van der Waals surface area contributed by atoms with Crippen LogP contribution in [-0.2, 0) is 9.59 Å². The first-order chi connectivity index (χ1) is 13.5. The number of nitro groups is 1. The van der Waals surface area contributed by atoms with Crippen LogP contribution in [0.4, 0.5) is 5.69 Å². The monoisotopic (exact) mass is 385 g/mol. The summed E-state index contributed by atoms with van der Waals surface area (Å²) >= 11 is 0. The van der Waals surface area contributed by atoms with Crippen molar-refractivity contribution < 1.29 is 14.5 Å². The summed E-state index contributed by atoms with van der Waals surface area (Å²) in [5, 5.41) is 14.0. The van der Waals surface area contributed by atoms with Gasteiger partial charge in [0.05, 0.1) is 10.5 Å². The molecule has 1 saturated carbocycles. The summed E-state index contributed by atoms with van der Waals surface area (Å²) in [6, 6.07) is 6.34. The largest absolute Gasteiger partial charge is 0.350 e. The van der Waals surface area contributed by atoms with Crippen molar-refractivity contribution in [2.24, 2.45) is 5.92 Å². The number of likely N-dealkylation sites (tertiary alicyclic amines) is 1. The summed E-state index contributed by atoms with van der Waals surface area (Å²) in [7, 11) is 0. The number of hydrogen-bond acceptors (Lipinski definition) is 4. The van der Waals surface area contributed by atoms with E-state index >= 15 is 0 Å². The van der Waals surface area contributed by atoms with E-state index in [0.29, 0.717) is 18.7 Å². The van der Waals surface area contributed by atoms with Gasteiger partial charge in [-0.15, -0.1) is 0 Å². The number of rotatable bonds is 5. The minimum absolute atomic E-state index is 0.0262. The van der Waals surface area contributed by atoms with Crippen LogP contribution < -0.4 is 5.32 Å². The zero-order valence-electron chi connectivity index (χ0n) is 16.0. The van der Waals surface area contributed by atoms with Gasteiger partial charge in [0.2, 0.25) is 11.8 Å². The number of piperidine rings is 1. The van der Waals surface area contributed by atoms with Crippen LogP contribution in [0.2, 0.25) is 0 Å². The first-order valence-corrected chi connectivity index (χ1v) is 10.1. The van der Waals surface area contributed by atoms with E-state index in [2.05, 4.69) is 5.32 Å². The molecule has 7 nitrogen and oxygen atoms in total. The summed E-state index contributed by atoms with van der Waals surface area (Å²) in [5.41, 5.74) is 0.372. The molecule has 0 bridgehead atoms. The predicted molar refractivity (Wildman–Crippen MR) is 106 cm³/mol. The lowest BCUT2D eigenvalue weighted by Crippen LogP contribution is -2.48. The summed E-state index contributed by atoms with van der Waals surface area (Å²) in [6.07, 6.45) is 9.82. The highest BCUT2D eigenvalue weighted by molar-refractivity contribution is 5.92. The second kappa shape index (κ2) is 9.48. The second-order valence-electron chi connectivity index (χ2n) is 7.59. The summed E-state index contributed by atoms with van der Waals surface area (Å²) in [5.74, 6) is 0.195. The third kappa shape index (κ3) is 5.18. The Kier molecular flexibility index (Phi) is 6.79. The quantitative estimate of drug-likeness (QED) is 0.478. The second-order valence-corrected chi connectivity index (χ2v) is 7.59. The summed E-state index contributed by atoms with van der Waals surface area (Å²) < 4.78 is 0. The number of hydrogen-bond donors (Lipinski definition) is 1. The third-order valence-corrected chi connectivity index (χ3v) is 5.66. The number of carbonyl (C=O) groups is 2. The fourth-order valence-corrected chi connectivity index (χ4v) is 4.06. The molecule has 3 rings (SSSR count). The molecule has 28 heavy (non-hydrogen) atoms. The highest BCUT2D eigenvalue weighted by atomic mass is 16.6. The minimum atomic E-state index is -0.462. The fraction of sp³-hybridized carbons (Fsp3) is 0.524. The SMILES string of the molecule is O=C(/C=C/c1ccccc1[N+](=O)[O-])NC1CCN(C(=O)C2CCCCC2)CC1. The van der Waals surface area contributed by atoms with Crippen molar-refractivity contribution in [1.82, 2.24) is 10.2 Å². The molecule has 1 aliphatic carbocycles. The molecule has 1 aliphatic heterocycles. The van der Waals surface area contributed by atoms with Gasteiger partial charge < -0.3 is 10.2 Å².